The number of nitrogens with zero attached hydrogens (tertiary/aromatic N) is 3. The largest absolute Gasteiger partial charge is 0.353 e. The zero-order valence-corrected chi connectivity index (χ0v) is 19.1. The lowest BCUT2D eigenvalue weighted by Crippen LogP contribution is -2.34. The average Bonchev–Trinajstić information content (AvgIpc) is 3.34. The predicted molar refractivity (Wildman–Crippen MR) is 119 cm³/mol. The van der Waals surface area contributed by atoms with E-state index in [1.54, 1.807) is 24.3 Å². The van der Waals surface area contributed by atoms with Crippen molar-refractivity contribution in [2.45, 2.75) is 56.8 Å². The molecule has 1 aliphatic carbocycles. The Morgan fingerprint density at radius 2 is 1.93 bits per heavy atom. The van der Waals surface area contributed by atoms with Crippen LogP contribution in [0.1, 0.15) is 61.8 Å². The first-order chi connectivity index (χ1) is 14.4. The summed E-state index contributed by atoms with van der Waals surface area (Å²) in [5.41, 5.74) is 0.421. The van der Waals surface area contributed by atoms with E-state index in [1.807, 2.05) is 25.5 Å². The first-order valence-electron chi connectivity index (χ1n) is 10.2. The molecule has 1 saturated carbocycles. The van der Waals surface area contributed by atoms with Crippen LogP contribution in [0.4, 0.5) is 0 Å². The van der Waals surface area contributed by atoms with Crippen LogP contribution >= 0.6 is 23.4 Å². The summed E-state index contributed by atoms with van der Waals surface area (Å²) in [6.45, 7) is 4.02. The number of hydrogen-bond acceptors (Lipinski definition) is 5. The monoisotopic (exact) mass is 449 g/mol. The Morgan fingerprint density at radius 1 is 1.23 bits per heavy atom. The lowest BCUT2D eigenvalue weighted by Gasteiger charge is -2.22. The number of carbonyl (C=O) groups is 2. The second-order valence-corrected chi connectivity index (χ2v) is 9.26. The molecule has 3 rings (SSSR count). The molecule has 0 aliphatic heterocycles. The Morgan fingerprint density at radius 3 is 2.60 bits per heavy atom. The molecule has 2 N–H and O–H groups in total. The molecule has 2 aromatic rings. The Hall–Kier alpha value is -2.06. The molecule has 1 aromatic heterocycles. The number of hydrogen-bond donors (Lipinski definition) is 2. The lowest BCUT2D eigenvalue weighted by molar-refractivity contribution is -0.119. The van der Waals surface area contributed by atoms with E-state index in [9.17, 15) is 9.59 Å². The molecular formula is C21H28ClN5O2S. The minimum atomic E-state index is -0.340. The molecule has 162 valence electrons. The maximum Gasteiger partial charge on any atom is 0.253 e. The Bertz CT molecular complexity index is 895. The van der Waals surface area contributed by atoms with Gasteiger partial charge >= 0.3 is 0 Å². The second kappa shape index (κ2) is 10.3. The van der Waals surface area contributed by atoms with Gasteiger partial charge in [-0.15, -0.1) is 10.2 Å². The van der Waals surface area contributed by atoms with Gasteiger partial charge in [0.1, 0.15) is 0 Å². The summed E-state index contributed by atoms with van der Waals surface area (Å²) in [4.78, 5) is 24.9. The molecule has 1 heterocycles. The highest BCUT2D eigenvalue weighted by Crippen LogP contribution is 2.25. The third kappa shape index (κ3) is 5.55. The van der Waals surface area contributed by atoms with Gasteiger partial charge in [0.15, 0.2) is 11.0 Å². The number of benzene rings is 1. The molecule has 1 fully saturated rings. The molecule has 0 bridgehead atoms. The molecule has 9 heteroatoms. The van der Waals surface area contributed by atoms with Crippen molar-refractivity contribution >= 4 is 35.2 Å². The summed E-state index contributed by atoms with van der Waals surface area (Å²) in [5.74, 6) is 0.782. The minimum Gasteiger partial charge on any atom is -0.353 e. The van der Waals surface area contributed by atoms with E-state index in [2.05, 4.69) is 20.8 Å². The SMILES string of the molecule is CC(C)C(NC(=O)c1ccccc1Cl)c1nnc(SCC(=O)NC2CCCC2)n1C. The van der Waals surface area contributed by atoms with E-state index < -0.39 is 0 Å². The van der Waals surface area contributed by atoms with Crippen LogP contribution in [0.25, 0.3) is 0 Å². The predicted octanol–water partition coefficient (Wildman–Crippen LogP) is 3.75. The fraction of sp³-hybridized carbons (Fsp3) is 0.524. The summed E-state index contributed by atoms with van der Waals surface area (Å²) in [6, 6.07) is 6.91. The lowest BCUT2D eigenvalue weighted by atomic mass is 10.0. The number of aromatic nitrogens is 3. The Balaban J connectivity index is 1.65. The van der Waals surface area contributed by atoms with Crippen molar-refractivity contribution in [3.05, 3.63) is 40.7 Å². The van der Waals surface area contributed by atoms with Gasteiger partial charge in [0.05, 0.1) is 22.4 Å². The fourth-order valence-electron chi connectivity index (χ4n) is 3.59. The van der Waals surface area contributed by atoms with Crippen LogP contribution < -0.4 is 10.6 Å². The van der Waals surface area contributed by atoms with Crippen molar-refractivity contribution < 1.29 is 9.59 Å². The summed E-state index contributed by atoms with van der Waals surface area (Å²) in [7, 11) is 1.85. The zero-order chi connectivity index (χ0) is 21.7. The zero-order valence-electron chi connectivity index (χ0n) is 17.5. The van der Waals surface area contributed by atoms with E-state index in [4.69, 9.17) is 11.6 Å². The Kier molecular flexibility index (Phi) is 7.77. The van der Waals surface area contributed by atoms with Crippen LogP contribution in [0, 0.1) is 5.92 Å². The van der Waals surface area contributed by atoms with Crippen molar-refractivity contribution in [1.29, 1.82) is 0 Å². The number of thioether (sulfide) groups is 1. The van der Waals surface area contributed by atoms with E-state index in [0.717, 1.165) is 12.8 Å². The molecule has 0 saturated heterocycles. The quantitative estimate of drug-likeness (QED) is 0.599. The van der Waals surface area contributed by atoms with Gasteiger partial charge in [0, 0.05) is 13.1 Å². The van der Waals surface area contributed by atoms with Crippen LogP contribution in [0.3, 0.4) is 0 Å². The molecule has 1 unspecified atom stereocenters. The highest BCUT2D eigenvalue weighted by Gasteiger charge is 2.26. The summed E-state index contributed by atoms with van der Waals surface area (Å²) in [5, 5.41) is 15.7. The van der Waals surface area contributed by atoms with Gasteiger partial charge in [-0.1, -0.05) is 62.2 Å². The van der Waals surface area contributed by atoms with Gasteiger partial charge in [-0.05, 0) is 30.9 Å². The van der Waals surface area contributed by atoms with Gasteiger partial charge in [0.2, 0.25) is 5.91 Å². The molecule has 1 atom stereocenters. The van der Waals surface area contributed by atoms with Crippen LogP contribution in [0.2, 0.25) is 5.02 Å². The highest BCUT2D eigenvalue weighted by molar-refractivity contribution is 7.99. The first-order valence-corrected chi connectivity index (χ1v) is 11.6. The summed E-state index contributed by atoms with van der Waals surface area (Å²) >= 11 is 7.51. The van der Waals surface area contributed by atoms with Crippen LogP contribution in [0.15, 0.2) is 29.4 Å². The first kappa shape index (κ1) is 22.6. The summed E-state index contributed by atoms with van der Waals surface area (Å²) < 4.78 is 1.84. The third-order valence-corrected chi connectivity index (χ3v) is 6.62. The van der Waals surface area contributed by atoms with E-state index in [-0.39, 0.29) is 23.8 Å². The smallest absolute Gasteiger partial charge is 0.253 e. The molecule has 7 nitrogen and oxygen atoms in total. The van der Waals surface area contributed by atoms with E-state index in [1.165, 1.54) is 24.6 Å². The molecule has 1 aliphatic rings. The highest BCUT2D eigenvalue weighted by atomic mass is 35.5. The number of nitrogens with one attached hydrogen (secondary N) is 2. The molecule has 0 spiro atoms. The normalized spacial score (nSPS) is 15.4. The van der Waals surface area contributed by atoms with Crippen LogP contribution in [0.5, 0.6) is 0 Å². The minimum absolute atomic E-state index is 0.0175. The molecule has 2 amide bonds. The average molecular weight is 450 g/mol. The van der Waals surface area contributed by atoms with Crippen LogP contribution in [-0.4, -0.2) is 38.4 Å². The van der Waals surface area contributed by atoms with Gasteiger partial charge in [-0.3, -0.25) is 9.59 Å². The number of amides is 2. The van der Waals surface area contributed by atoms with E-state index >= 15 is 0 Å². The molecule has 30 heavy (non-hydrogen) atoms. The van der Waals surface area contributed by atoms with Gasteiger partial charge in [-0.25, -0.2) is 0 Å². The number of rotatable bonds is 8. The standard InChI is InChI=1S/C21H28ClN5O2S/c1-13(2)18(24-20(29)15-10-6-7-11-16(15)22)19-25-26-21(27(19)3)30-12-17(28)23-14-8-4-5-9-14/h6-7,10-11,13-14,18H,4-5,8-9,12H2,1-3H3,(H,23,28)(H,24,29). The number of carbonyl (C=O) groups excluding carboxylic acids is 2. The van der Waals surface area contributed by atoms with E-state index in [0.29, 0.717) is 33.4 Å². The van der Waals surface area contributed by atoms with Gasteiger partial charge in [-0.2, -0.15) is 0 Å². The third-order valence-electron chi connectivity index (χ3n) is 5.27. The van der Waals surface area contributed by atoms with Crippen molar-refractivity contribution in [3.8, 4) is 0 Å². The maximum absolute atomic E-state index is 12.7. The summed E-state index contributed by atoms with van der Waals surface area (Å²) in [6.07, 6.45) is 4.49. The van der Waals surface area contributed by atoms with Crippen molar-refractivity contribution in [2.24, 2.45) is 13.0 Å². The molecular weight excluding hydrogens is 422 g/mol. The molecule has 0 radical (unpaired) electrons. The fourth-order valence-corrected chi connectivity index (χ4v) is 4.54. The maximum atomic E-state index is 12.7. The van der Waals surface area contributed by atoms with Crippen molar-refractivity contribution in [1.82, 2.24) is 25.4 Å². The topological polar surface area (TPSA) is 88.9 Å². The Labute approximate surface area is 186 Å². The van der Waals surface area contributed by atoms with Gasteiger partial charge in [0.25, 0.3) is 5.91 Å². The number of halogens is 1. The van der Waals surface area contributed by atoms with Crippen LogP contribution in [-0.2, 0) is 11.8 Å². The second-order valence-electron chi connectivity index (χ2n) is 7.91. The molecule has 1 aromatic carbocycles. The van der Waals surface area contributed by atoms with Crippen molar-refractivity contribution in [2.75, 3.05) is 5.75 Å². The van der Waals surface area contributed by atoms with Gasteiger partial charge < -0.3 is 15.2 Å². The van der Waals surface area contributed by atoms with Crippen molar-refractivity contribution in [3.63, 3.8) is 0 Å².